The molecule has 0 amide bonds. The second-order valence-electron chi connectivity index (χ2n) is 5.76. The largest absolute Gasteiger partial charge is 0.373 e. The van der Waals surface area contributed by atoms with Crippen LogP contribution in [0.1, 0.15) is 44.0 Å². The van der Waals surface area contributed by atoms with E-state index < -0.39 is 0 Å². The molecule has 2 rings (SSSR count). The maximum Gasteiger partial charge on any atom is 0.137 e. The fourth-order valence-corrected chi connectivity index (χ4v) is 3.23. The summed E-state index contributed by atoms with van der Waals surface area (Å²) < 4.78 is 0. The molecule has 1 aliphatic carbocycles. The average Bonchev–Trinajstić information content (AvgIpc) is 2.40. The zero-order chi connectivity index (χ0) is 14.0. The molecule has 1 N–H and O–H groups in total. The van der Waals surface area contributed by atoms with Gasteiger partial charge in [-0.05, 0) is 32.6 Å². The van der Waals surface area contributed by atoms with Crippen molar-refractivity contribution >= 4 is 11.6 Å². The van der Waals surface area contributed by atoms with E-state index >= 15 is 0 Å². The van der Waals surface area contributed by atoms with Gasteiger partial charge in [-0.1, -0.05) is 19.8 Å². The van der Waals surface area contributed by atoms with Crippen LogP contribution in [0.15, 0.2) is 0 Å². The number of hydrogen-bond acceptors (Lipinski definition) is 4. The molecule has 0 bridgehead atoms. The standard InChI is InChI=1S/C15H26N4/c1-10-8-6-7-9-13(10)19(5)15-11(2)14(16-4)17-12(3)18-15/h10,13H,6-9H2,1-5H3,(H,16,17,18). The molecule has 0 aliphatic heterocycles. The number of rotatable bonds is 3. The van der Waals surface area contributed by atoms with Crippen molar-refractivity contribution in [3.8, 4) is 0 Å². The van der Waals surface area contributed by atoms with E-state index in [1.807, 2.05) is 14.0 Å². The van der Waals surface area contributed by atoms with Gasteiger partial charge < -0.3 is 10.2 Å². The highest BCUT2D eigenvalue weighted by Gasteiger charge is 2.27. The van der Waals surface area contributed by atoms with Crippen LogP contribution in [0.3, 0.4) is 0 Å². The molecule has 1 saturated carbocycles. The monoisotopic (exact) mass is 262 g/mol. The van der Waals surface area contributed by atoms with E-state index in [2.05, 4.69) is 41.1 Å². The summed E-state index contributed by atoms with van der Waals surface area (Å²) in [6.07, 6.45) is 5.31. The zero-order valence-corrected chi connectivity index (χ0v) is 12.8. The lowest BCUT2D eigenvalue weighted by molar-refractivity contribution is 0.320. The highest BCUT2D eigenvalue weighted by Crippen LogP contribution is 2.32. The molecule has 4 nitrogen and oxygen atoms in total. The van der Waals surface area contributed by atoms with E-state index in [1.165, 1.54) is 25.7 Å². The maximum atomic E-state index is 4.67. The van der Waals surface area contributed by atoms with Crippen LogP contribution in [0.5, 0.6) is 0 Å². The first-order chi connectivity index (χ1) is 9.04. The molecule has 0 saturated heterocycles. The van der Waals surface area contributed by atoms with Gasteiger partial charge in [0.05, 0.1) is 0 Å². The SMILES string of the molecule is CNc1nc(C)nc(N(C)C2CCCCC2C)c1C. The minimum atomic E-state index is 0.603. The third kappa shape index (κ3) is 2.82. The number of aromatic nitrogens is 2. The summed E-state index contributed by atoms with van der Waals surface area (Å²) in [6.45, 7) is 6.43. The molecular weight excluding hydrogens is 236 g/mol. The lowest BCUT2D eigenvalue weighted by atomic mass is 9.85. The van der Waals surface area contributed by atoms with Crippen LogP contribution in [0.4, 0.5) is 11.6 Å². The first kappa shape index (κ1) is 14.1. The smallest absolute Gasteiger partial charge is 0.137 e. The third-order valence-electron chi connectivity index (χ3n) is 4.37. The topological polar surface area (TPSA) is 41.1 Å². The number of anilines is 2. The Morgan fingerprint density at radius 1 is 1.16 bits per heavy atom. The summed E-state index contributed by atoms with van der Waals surface area (Å²) in [5.74, 6) is 3.60. The van der Waals surface area contributed by atoms with Crippen LogP contribution in [-0.4, -0.2) is 30.1 Å². The Labute approximate surface area is 116 Å². The first-order valence-electron chi connectivity index (χ1n) is 7.30. The van der Waals surface area contributed by atoms with Crippen molar-refractivity contribution in [2.45, 2.75) is 52.5 Å². The van der Waals surface area contributed by atoms with Gasteiger partial charge in [0.1, 0.15) is 17.5 Å². The van der Waals surface area contributed by atoms with Crippen LogP contribution >= 0.6 is 0 Å². The van der Waals surface area contributed by atoms with Crippen molar-refractivity contribution in [3.05, 3.63) is 11.4 Å². The lowest BCUT2D eigenvalue weighted by Crippen LogP contribution is -2.40. The van der Waals surface area contributed by atoms with Crippen LogP contribution in [0, 0.1) is 19.8 Å². The molecular formula is C15H26N4. The van der Waals surface area contributed by atoms with Gasteiger partial charge in [0.15, 0.2) is 0 Å². The van der Waals surface area contributed by atoms with Gasteiger partial charge in [0.2, 0.25) is 0 Å². The highest BCUT2D eigenvalue weighted by atomic mass is 15.2. The Balaban J connectivity index is 2.32. The van der Waals surface area contributed by atoms with E-state index in [4.69, 9.17) is 0 Å². The van der Waals surface area contributed by atoms with Crippen molar-refractivity contribution in [2.75, 3.05) is 24.3 Å². The van der Waals surface area contributed by atoms with Crippen LogP contribution in [-0.2, 0) is 0 Å². The van der Waals surface area contributed by atoms with Crippen LogP contribution in [0.2, 0.25) is 0 Å². The summed E-state index contributed by atoms with van der Waals surface area (Å²) >= 11 is 0. The molecule has 0 aromatic carbocycles. The lowest BCUT2D eigenvalue weighted by Gasteiger charge is -2.37. The fraction of sp³-hybridized carbons (Fsp3) is 0.733. The summed E-state index contributed by atoms with van der Waals surface area (Å²) in [4.78, 5) is 11.5. The molecule has 4 heteroatoms. The van der Waals surface area contributed by atoms with Crippen molar-refractivity contribution in [2.24, 2.45) is 5.92 Å². The predicted molar refractivity (Wildman–Crippen MR) is 80.9 cm³/mol. The number of hydrogen-bond donors (Lipinski definition) is 1. The highest BCUT2D eigenvalue weighted by molar-refractivity contribution is 5.58. The van der Waals surface area contributed by atoms with Crippen molar-refractivity contribution < 1.29 is 0 Å². The molecule has 2 unspecified atom stereocenters. The third-order valence-corrected chi connectivity index (χ3v) is 4.37. The molecule has 0 radical (unpaired) electrons. The molecule has 1 aromatic heterocycles. The van der Waals surface area contributed by atoms with E-state index in [0.717, 1.165) is 28.9 Å². The summed E-state index contributed by atoms with van der Waals surface area (Å²) in [5, 5.41) is 3.17. The Bertz CT molecular complexity index is 444. The Morgan fingerprint density at radius 2 is 1.84 bits per heavy atom. The molecule has 0 spiro atoms. The van der Waals surface area contributed by atoms with Crippen molar-refractivity contribution in [1.82, 2.24) is 9.97 Å². The van der Waals surface area contributed by atoms with Gasteiger partial charge in [-0.25, -0.2) is 9.97 Å². The Morgan fingerprint density at radius 3 is 2.47 bits per heavy atom. The summed E-state index contributed by atoms with van der Waals surface area (Å²) in [6, 6.07) is 0.603. The molecule has 106 valence electrons. The van der Waals surface area contributed by atoms with Gasteiger partial charge in [-0.3, -0.25) is 0 Å². The summed E-state index contributed by atoms with van der Waals surface area (Å²) in [5.41, 5.74) is 1.15. The first-order valence-corrected chi connectivity index (χ1v) is 7.30. The van der Waals surface area contributed by atoms with Crippen LogP contribution in [0.25, 0.3) is 0 Å². The maximum absolute atomic E-state index is 4.67. The van der Waals surface area contributed by atoms with Gasteiger partial charge in [0, 0.05) is 25.7 Å². The second-order valence-corrected chi connectivity index (χ2v) is 5.76. The minimum Gasteiger partial charge on any atom is -0.373 e. The minimum absolute atomic E-state index is 0.603. The van der Waals surface area contributed by atoms with Gasteiger partial charge in [-0.15, -0.1) is 0 Å². The number of aryl methyl sites for hydroxylation is 1. The van der Waals surface area contributed by atoms with Crippen molar-refractivity contribution in [1.29, 1.82) is 0 Å². The second kappa shape index (κ2) is 5.76. The van der Waals surface area contributed by atoms with Crippen molar-refractivity contribution in [3.63, 3.8) is 0 Å². The molecule has 2 atom stereocenters. The summed E-state index contributed by atoms with van der Waals surface area (Å²) in [7, 11) is 4.10. The molecule has 19 heavy (non-hydrogen) atoms. The quantitative estimate of drug-likeness (QED) is 0.908. The van der Waals surface area contributed by atoms with Gasteiger partial charge in [-0.2, -0.15) is 0 Å². The average molecular weight is 262 g/mol. The van der Waals surface area contributed by atoms with E-state index in [9.17, 15) is 0 Å². The Kier molecular flexibility index (Phi) is 4.27. The molecule has 1 aliphatic rings. The van der Waals surface area contributed by atoms with E-state index in [1.54, 1.807) is 0 Å². The van der Waals surface area contributed by atoms with Crippen LogP contribution < -0.4 is 10.2 Å². The number of nitrogens with one attached hydrogen (secondary N) is 1. The Hall–Kier alpha value is -1.32. The fourth-order valence-electron chi connectivity index (χ4n) is 3.23. The van der Waals surface area contributed by atoms with E-state index in [0.29, 0.717) is 6.04 Å². The normalized spacial score (nSPS) is 23.2. The molecule has 1 fully saturated rings. The van der Waals surface area contributed by atoms with Gasteiger partial charge >= 0.3 is 0 Å². The zero-order valence-electron chi connectivity index (χ0n) is 12.8. The number of nitrogens with zero attached hydrogens (tertiary/aromatic N) is 3. The van der Waals surface area contributed by atoms with E-state index in [-0.39, 0.29) is 0 Å². The van der Waals surface area contributed by atoms with Gasteiger partial charge in [0.25, 0.3) is 0 Å². The predicted octanol–water partition coefficient (Wildman–Crippen LogP) is 3.15. The molecule has 1 heterocycles. The molecule has 1 aromatic rings.